The topological polar surface area (TPSA) is 18.5 Å². The fourth-order valence-electron chi connectivity index (χ4n) is 3.97. The molecule has 0 unspecified atom stereocenters. The van der Waals surface area contributed by atoms with Gasteiger partial charge in [-0.15, -0.1) is 0 Å². The minimum Gasteiger partial charge on any atom is -0.490 e. The number of ether oxygens (including phenoxy) is 2. The summed E-state index contributed by atoms with van der Waals surface area (Å²) in [5.74, 6) is 1.83. The summed E-state index contributed by atoms with van der Waals surface area (Å²) in [7, 11) is 0. The third kappa shape index (κ3) is 3.67. The van der Waals surface area contributed by atoms with Crippen molar-refractivity contribution < 1.29 is 9.47 Å². The molecule has 0 fully saturated rings. The largest absolute Gasteiger partial charge is 0.490 e. The summed E-state index contributed by atoms with van der Waals surface area (Å²) in [6, 6.07) is 23.5. The van der Waals surface area contributed by atoms with Crippen LogP contribution in [0.3, 0.4) is 0 Å². The van der Waals surface area contributed by atoms with Crippen LogP contribution in [0.1, 0.15) is 33.3 Å². The van der Waals surface area contributed by atoms with Crippen molar-refractivity contribution in [2.24, 2.45) is 0 Å². The van der Waals surface area contributed by atoms with Crippen molar-refractivity contribution in [1.82, 2.24) is 0 Å². The Balaban J connectivity index is 2.17. The summed E-state index contributed by atoms with van der Waals surface area (Å²) in [5, 5.41) is 4.76. The third-order valence-electron chi connectivity index (χ3n) is 5.04. The number of rotatable bonds is 5. The van der Waals surface area contributed by atoms with E-state index in [0.29, 0.717) is 0 Å². The molecular weight excluding hydrogens is 356 g/mol. The summed E-state index contributed by atoms with van der Waals surface area (Å²) in [5.41, 5.74) is 3.35. The number of benzene rings is 4. The maximum absolute atomic E-state index is 6.39. The lowest BCUT2D eigenvalue weighted by Gasteiger charge is -2.23. The van der Waals surface area contributed by atoms with Crippen LogP contribution < -0.4 is 9.47 Å². The molecule has 29 heavy (non-hydrogen) atoms. The molecule has 0 saturated heterocycles. The highest BCUT2D eigenvalue weighted by molar-refractivity contribution is 6.10. The van der Waals surface area contributed by atoms with Crippen LogP contribution in [0.5, 0.6) is 11.5 Å². The van der Waals surface area contributed by atoms with E-state index >= 15 is 0 Å². The molecule has 148 valence electrons. The number of fused-ring (bicyclic) bond motifs is 2. The van der Waals surface area contributed by atoms with Gasteiger partial charge in [-0.05, 0) is 73.9 Å². The van der Waals surface area contributed by atoms with Gasteiger partial charge in [0.1, 0.15) is 11.5 Å². The van der Waals surface area contributed by atoms with E-state index in [1.165, 1.54) is 21.5 Å². The van der Waals surface area contributed by atoms with Crippen LogP contribution >= 0.6 is 0 Å². The van der Waals surface area contributed by atoms with Gasteiger partial charge < -0.3 is 9.47 Å². The summed E-state index contributed by atoms with van der Waals surface area (Å²) in [6.45, 7) is 10.4. The minimum atomic E-state index is 0.0815. The zero-order chi connectivity index (χ0) is 20.5. The van der Waals surface area contributed by atoms with E-state index in [4.69, 9.17) is 9.47 Å². The van der Waals surface area contributed by atoms with Gasteiger partial charge in [0, 0.05) is 11.1 Å². The van der Waals surface area contributed by atoms with Crippen molar-refractivity contribution in [3.8, 4) is 22.6 Å². The summed E-state index contributed by atoms with van der Waals surface area (Å²) < 4.78 is 12.7. The number of hydrogen-bond donors (Lipinski definition) is 0. The zero-order valence-corrected chi connectivity index (χ0v) is 17.8. The molecule has 4 rings (SSSR count). The first-order chi connectivity index (χ1) is 14.0. The monoisotopic (exact) mass is 384 g/mol. The van der Waals surface area contributed by atoms with Gasteiger partial charge in [0.2, 0.25) is 0 Å². The van der Waals surface area contributed by atoms with Gasteiger partial charge in [0.05, 0.1) is 12.2 Å². The van der Waals surface area contributed by atoms with Gasteiger partial charge in [-0.2, -0.15) is 0 Å². The van der Waals surface area contributed by atoms with Crippen molar-refractivity contribution >= 4 is 21.5 Å². The Labute approximate surface area is 173 Å². The molecule has 0 spiro atoms. The third-order valence-corrected chi connectivity index (χ3v) is 5.04. The Kier molecular flexibility index (Phi) is 5.19. The summed E-state index contributed by atoms with van der Waals surface area (Å²) in [4.78, 5) is 0. The smallest absolute Gasteiger partial charge is 0.131 e. The van der Waals surface area contributed by atoms with E-state index in [2.05, 4.69) is 101 Å². The number of aryl methyl sites for hydroxylation is 1. The van der Waals surface area contributed by atoms with Crippen molar-refractivity contribution in [3.63, 3.8) is 0 Å². The first kappa shape index (κ1) is 19.3. The molecule has 0 atom stereocenters. The lowest BCUT2D eigenvalue weighted by molar-refractivity contribution is 0.239. The summed E-state index contributed by atoms with van der Waals surface area (Å²) >= 11 is 0. The molecule has 0 aliphatic carbocycles. The average Bonchev–Trinajstić information content (AvgIpc) is 2.68. The molecule has 2 heteroatoms. The number of hydrogen-bond acceptors (Lipinski definition) is 2. The molecule has 0 radical (unpaired) electrons. The van der Waals surface area contributed by atoms with Crippen LogP contribution in [0.15, 0.2) is 66.7 Å². The van der Waals surface area contributed by atoms with E-state index in [0.717, 1.165) is 28.2 Å². The van der Waals surface area contributed by atoms with Crippen LogP contribution in [0, 0.1) is 6.92 Å². The van der Waals surface area contributed by atoms with Crippen molar-refractivity contribution in [2.75, 3.05) is 0 Å². The second kappa shape index (κ2) is 7.79. The Morgan fingerprint density at radius 2 is 1.21 bits per heavy atom. The second-order valence-electron chi connectivity index (χ2n) is 8.11. The quantitative estimate of drug-likeness (QED) is 0.354. The van der Waals surface area contributed by atoms with E-state index in [1.54, 1.807) is 0 Å². The molecule has 4 aromatic rings. The van der Waals surface area contributed by atoms with Gasteiger partial charge in [-0.25, -0.2) is 0 Å². The lowest BCUT2D eigenvalue weighted by atomic mass is 9.90. The molecule has 2 nitrogen and oxygen atoms in total. The van der Waals surface area contributed by atoms with Gasteiger partial charge in [-0.3, -0.25) is 0 Å². The normalized spacial score (nSPS) is 11.6. The second-order valence-corrected chi connectivity index (χ2v) is 8.11. The fourth-order valence-corrected chi connectivity index (χ4v) is 3.97. The van der Waals surface area contributed by atoms with Crippen molar-refractivity contribution in [1.29, 1.82) is 0 Å². The highest BCUT2D eigenvalue weighted by Gasteiger charge is 2.21. The first-order valence-corrected chi connectivity index (χ1v) is 10.3. The average molecular weight is 385 g/mol. The van der Waals surface area contributed by atoms with E-state index in [-0.39, 0.29) is 12.2 Å². The SMILES string of the molecule is Cc1cc2ccccc2c(-c2c(OC(C)C)ccc3ccccc23)c1OC(C)C. The fraction of sp³-hybridized carbons (Fsp3) is 0.259. The van der Waals surface area contributed by atoms with Gasteiger partial charge in [-0.1, -0.05) is 54.6 Å². The van der Waals surface area contributed by atoms with E-state index in [1.807, 2.05) is 0 Å². The standard InChI is InChI=1S/C27H28O2/c1-17(2)28-24-15-14-20-10-6-8-12-22(20)25(24)26-23-13-9-7-11-21(23)16-19(5)27(26)29-18(3)4/h6-18H,1-5H3. The highest BCUT2D eigenvalue weighted by atomic mass is 16.5. The highest BCUT2D eigenvalue weighted by Crippen LogP contribution is 2.47. The molecule has 0 bridgehead atoms. The molecule has 4 aromatic carbocycles. The maximum atomic E-state index is 6.39. The van der Waals surface area contributed by atoms with Crippen molar-refractivity contribution in [3.05, 3.63) is 72.3 Å². The van der Waals surface area contributed by atoms with Gasteiger partial charge in [0.25, 0.3) is 0 Å². The molecule has 0 aliphatic heterocycles. The molecular formula is C27H28O2. The van der Waals surface area contributed by atoms with Gasteiger partial charge in [0.15, 0.2) is 0 Å². The predicted octanol–water partition coefficient (Wildman–Crippen LogP) is 7.54. The maximum Gasteiger partial charge on any atom is 0.131 e. The van der Waals surface area contributed by atoms with E-state index in [9.17, 15) is 0 Å². The Bertz CT molecular complexity index is 1170. The van der Waals surface area contributed by atoms with Crippen LogP contribution in [0.25, 0.3) is 32.7 Å². The molecule has 0 amide bonds. The van der Waals surface area contributed by atoms with Crippen LogP contribution in [-0.4, -0.2) is 12.2 Å². The van der Waals surface area contributed by atoms with Crippen LogP contribution in [0.4, 0.5) is 0 Å². The molecule has 0 aromatic heterocycles. The Morgan fingerprint density at radius 3 is 1.86 bits per heavy atom. The minimum absolute atomic E-state index is 0.0815. The first-order valence-electron chi connectivity index (χ1n) is 10.3. The molecule has 0 heterocycles. The van der Waals surface area contributed by atoms with Crippen LogP contribution in [-0.2, 0) is 0 Å². The summed E-state index contributed by atoms with van der Waals surface area (Å²) in [6.07, 6.45) is 0.165. The van der Waals surface area contributed by atoms with Crippen molar-refractivity contribution in [2.45, 2.75) is 46.8 Å². The molecule has 0 aliphatic rings. The molecule has 0 N–H and O–H groups in total. The lowest BCUT2D eigenvalue weighted by Crippen LogP contribution is -2.10. The molecule has 0 saturated carbocycles. The van der Waals surface area contributed by atoms with E-state index < -0.39 is 0 Å². The Hall–Kier alpha value is -3.00. The van der Waals surface area contributed by atoms with Crippen LogP contribution in [0.2, 0.25) is 0 Å². The zero-order valence-electron chi connectivity index (χ0n) is 17.8. The Morgan fingerprint density at radius 1 is 0.621 bits per heavy atom. The van der Waals surface area contributed by atoms with Gasteiger partial charge >= 0.3 is 0 Å². The predicted molar refractivity (Wildman–Crippen MR) is 123 cm³/mol.